The Hall–Kier alpha value is -1.22. The van der Waals surface area contributed by atoms with E-state index in [9.17, 15) is 0 Å². The van der Waals surface area contributed by atoms with Crippen LogP contribution in [0, 0.1) is 5.92 Å². The zero-order chi connectivity index (χ0) is 13.1. The van der Waals surface area contributed by atoms with E-state index in [0.717, 1.165) is 37.2 Å². The van der Waals surface area contributed by atoms with Gasteiger partial charge in [0.1, 0.15) is 18.1 Å². The fraction of sp³-hybridized carbons (Fsp3) is 0.625. The van der Waals surface area contributed by atoms with Crippen LogP contribution in [0.25, 0.3) is 0 Å². The van der Waals surface area contributed by atoms with Gasteiger partial charge in [-0.2, -0.15) is 0 Å². The molecule has 0 aromatic heterocycles. The van der Waals surface area contributed by atoms with Crippen LogP contribution >= 0.6 is 0 Å². The van der Waals surface area contributed by atoms with Gasteiger partial charge in [0.2, 0.25) is 0 Å². The minimum atomic E-state index is 0.337. The van der Waals surface area contributed by atoms with E-state index in [1.165, 1.54) is 31.2 Å². The highest BCUT2D eigenvalue weighted by Gasteiger charge is 2.23. The predicted octanol–water partition coefficient (Wildman–Crippen LogP) is 3.30. The molecule has 3 rings (SSSR count). The summed E-state index contributed by atoms with van der Waals surface area (Å²) in [5.74, 6) is 2.68. The third kappa shape index (κ3) is 2.86. The van der Waals surface area contributed by atoms with E-state index in [0.29, 0.717) is 6.04 Å². The molecule has 0 bridgehead atoms. The summed E-state index contributed by atoms with van der Waals surface area (Å²) < 4.78 is 11.6. The Morgan fingerprint density at radius 2 is 2.16 bits per heavy atom. The van der Waals surface area contributed by atoms with Crippen molar-refractivity contribution in [2.45, 2.75) is 38.6 Å². The van der Waals surface area contributed by atoms with Gasteiger partial charge in [-0.25, -0.2) is 0 Å². The molecule has 2 aliphatic rings. The van der Waals surface area contributed by atoms with Crippen LogP contribution < -0.4 is 14.8 Å². The molecule has 0 amide bonds. The normalized spacial score (nSPS) is 22.3. The van der Waals surface area contributed by atoms with Crippen LogP contribution in [-0.4, -0.2) is 19.8 Å². The van der Waals surface area contributed by atoms with E-state index in [1.807, 2.05) is 6.07 Å². The molecule has 19 heavy (non-hydrogen) atoms. The van der Waals surface area contributed by atoms with Gasteiger partial charge >= 0.3 is 0 Å². The lowest BCUT2D eigenvalue weighted by atomic mass is 10.1. The second-order valence-electron chi connectivity index (χ2n) is 5.58. The van der Waals surface area contributed by atoms with Gasteiger partial charge in [0, 0.05) is 11.6 Å². The van der Waals surface area contributed by atoms with E-state index in [2.05, 4.69) is 24.4 Å². The molecule has 1 unspecified atom stereocenters. The highest BCUT2D eigenvalue weighted by molar-refractivity contribution is 5.45. The fourth-order valence-electron chi connectivity index (χ4n) is 3.09. The van der Waals surface area contributed by atoms with Gasteiger partial charge in [-0.1, -0.05) is 19.8 Å². The van der Waals surface area contributed by atoms with Gasteiger partial charge in [-0.05, 0) is 37.4 Å². The highest BCUT2D eigenvalue weighted by atomic mass is 16.5. The van der Waals surface area contributed by atoms with Gasteiger partial charge in [0.05, 0.1) is 12.6 Å². The van der Waals surface area contributed by atoms with Crippen molar-refractivity contribution in [2.75, 3.05) is 19.8 Å². The van der Waals surface area contributed by atoms with E-state index in [-0.39, 0.29) is 0 Å². The first-order valence-corrected chi connectivity index (χ1v) is 7.49. The Labute approximate surface area is 115 Å². The Morgan fingerprint density at radius 1 is 1.32 bits per heavy atom. The number of likely N-dealkylation sites (N-methyl/N-ethyl adjacent to an activating group) is 1. The summed E-state index contributed by atoms with van der Waals surface area (Å²) >= 11 is 0. The zero-order valence-electron chi connectivity index (χ0n) is 11.7. The molecule has 3 heteroatoms. The van der Waals surface area contributed by atoms with Crippen molar-refractivity contribution in [1.29, 1.82) is 0 Å². The molecule has 0 radical (unpaired) electrons. The number of fused-ring (bicyclic) bond motifs is 1. The highest BCUT2D eigenvalue weighted by Crippen LogP contribution is 2.35. The Bertz CT molecular complexity index is 427. The second-order valence-corrected chi connectivity index (χ2v) is 5.58. The molecular weight excluding hydrogens is 238 g/mol. The van der Waals surface area contributed by atoms with Crippen molar-refractivity contribution in [1.82, 2.24) is 5.32 Å². The molecule has 104 valence electrons. The Balaban J connectivity index is 1.62. The van der Waals surface area contributed by atoms with Crippen LogP contribution in [0.5, 0.6) is 11.5 Å². The maximum atomic E-state index is 5.91. The minimum absolute atomic E-state index is 0.337. The minimum Gasteiger partial charge on any atom is -0.493 e. The molecule has 1 fully saturated rings. The molecule has 1 saturated carbocycles. The third-order valence-electron chi connectivity index (χ3n) is 4.18. The number of benzene rings is 1. The molecule has 1 atom stereocenters. The van der Waals surface area contributed by atoms with Crippen LogP contribution in [-0.2, 0) is 0 Å². The van der Waals surface area contributed by atoms with Crippen molar-refractivity contribution in [3.05, 3.63) is 23.8 Å². The van der Waals surface area contributed by atoms with Crippen LogP contribution in [0.15, 0.2) is 18.2 Å². The molecule has 1 aliphatic carbocycles. The Kier molecular flexibility index (Phi) is 3.92. The fourth-order valence-corrected chi connectivity index (χ4v) is 3.09. The maximum Gasteiger partial charge on any atom is 0.127 e. The summed E-state index contributed by atoms with van der Waals surface area (Å²) in [4.78, 5) is 0. The molecule has 1 N–H and O–H groups in total. The number of hydrogen-bond acceptors (Lipinski definition) is 3. The molecule has 1 aliphatic heterocycles. The van der Waals surface area contributed by atoms with Crippen molar-refractivity contribution in [3.63, 3.8) is 0 Å². The quantitative estimate of drug-likeness (QED) is 0.882. The lowest BCUT2D eigenvalue weighted by Gasteiger charge is -2.12. The van der Waals surface area contributed by atoms with E-state index < -0.39 is 0 Å². The van der Waals surface area contributed by atoms with Crippen molar-refractivity contribution in [2.24, 2.45) is 5.92 Å². The molecule has 0 spiro atoms. The van der Waals surface area contributed by atoms with Gasteiger partial charge in [0.25, 0.3) is 0 Å². The third-order valence-corrected chi connectivity index (χ3v) is 4.18. The Morgan fingerprint density at radius 3 is 2.95 bits per heavy atom. The van der Waals surface area contributed by atoms with Gasteiger partial charge < -0.3 is 14.8 Å². The van der Waals surface area contributed by atoms with Crippen LogP contribution in [0.2, 0.25) is 0 Å². The van der Waals surface area contributed by atoms with E-state index in [1.54, 1.807) is 0 Å². The van der Waals surface area contributed by atoms with Crippen LogP contribution in [0.3, 0.4) is 0 Å². The van der Waals surface area contributed by atoms with Gasteiger partial charge in [0.15, 0.2) is 0 Å². The number of rotatable bonds is 5. The molecule has 3 nitrogen and oxygen atoms in total. The predicted molar refractivity (Wildman–Crippen MR) is 75.8 cm³/mol. The summed E-state index contributed by atoms with van der Waals surface area (Å²) in [5, 5.41) is 3.43. The SMILES string of the molecule is CCNC1COc2cc(OCC3CCCC3)ccc21. The molecule has 1 heterocycles. The standard InChI is InChI=1S/C16H23NO2/c1-2-17-15-11-19-16-9-13(7-8-14(15)16)18-10-12-5-3-4-6-12/h7-9,12,15,17H,2-6,10-11H2,1H3. The van der Waals surface area contributed by atoms with Crippen molar-refractivity contribution < 1.29 is 9.47 Å². The van der Waals surface area contributed by atoms with E-state index >= 15 is 0 Å². The van der Waals surface area contributed by atoms with Crippen LogP contribution in [0.4, 0.5) is 0 Å². The second kappa shape index (κ2) is 5.83. The first-order chi connectivity index (χ1) is 9.36. The first-order valence-electron chi connectivity index (χ1n) is 7.49. The summed E-state index contributed by atoms with van der Waals surface area (Å²) in [7, 11) is 0. The first kappa shape index (κ1) is 12.8. The van der Waals surface area contributed by atoms with Crippen molar-refractivity contribution >= 4 is 0 Å². The lowest BCUT2D eigenvalue weighted by Crippen LogP contribution is -2.21. The van der Waals surface area contributed by atoms with Gasteiger partial charge in [-0.15, -0.1) is 0 Å². The topological polar surface area (TPSA) is 30.5 Å². The number of hydrogen-bond donors (Lipinski definition) is 1. The van der Waals surface area contributed by atoms with Crippen molar-refractivity contribution in [3.8, 4) is 11.5 Å². The summed E-state index contributed by atoms with van der Waals surface area (Å²) in [6.07, 6.45) is 5.38. The smallest absolute Gasteiger partial charge is 0.127 e. The average Bonchev–Trinajstić information content (AvgIpc) is 3.06. The molecular formula is C16H23NO2. The van der Waals surface area contributed by atoms with Gasteiger partial charge in [-0.3, -0.25) is 0 Å². The molecule has 1 aromatic rings. The molecule has 0 saturated heterocycles. The number of nitrogens with one attached hydrogen (secondary N) is 1. The monoisotopic (exact) mass is 261 g/mol. The maximum absolute atomic E-state index is 5.91. The van der Waals surface area contributed by atoms with E-state index in [4.69, 9.17) is 9.47 Å². The largest absolute Gasteiger partial charge is 0.493 e. The lowest BCUT2D eigenvalue weighted by molar-refractivity contribution is 0.250. The van der Waals surface area contributed by atoms with Crippen LogP contribution in [0.1, 0.15) is 44.2 Å². The summed E-state index contributed by atoms with van der Waals surface area (Å²) in [6.45, 7) is 4.68. The number of ether oxygens (including phenoxy) is 2. The molecule has 1 aromatic carbocycles. The zero-order valence-corrected chi connectivity index (χ0v) is 11.7. The average molecular weight is 261 g/mol. The summed E-state index contributed by atoms with van der Waals surface area (Å²) in [6, 6.07) is 6.59. The summed E-state index contributed by atoms with van der Waals surface area (Å²) in [5.41, 5.74) is 1.26.